The Kier molecular flexibility index (Phi) is 5.03. The molecule has 2 aromatic heterocycles. The van der Waals surface area contributed by atoms with Crippen molar-refractivity contribution in [2.45, 2.75) is 19.3 Å². The van der Waals surface area contributed by atoms with Gasteiger partial charge < -0.3 is 9.88 Å². The third-order valence-electron chi connectivity index (χ3n) is 4.58. The Morgan fingerprint density at radius 1 is 1.21 bits per heavy atom. The number of anilines is 2. The first kappa shape index (κ1) is 18.1. The molecule has 28 heavy (non-hydrogen) atoms. The van der Waals surface area contributed by atoms with E-state index >= 15 is 0 Å². The molecule has 0 aliphatic carbocycles. The number of carbonyl (C=O) groups is 2. The SMILES string of the molecule is O=C(Nc1nc(CC(=O)N2CCCc3ccccc32)cs1)c1ccc[nH]c1=O. The van der Waals surface area contributed by atoms with Crippen molar-refractivity contribution in [3.8, 4) is 0 Å². The van der Waals surface area contributed by atoms with Gasteiger partial charge in [0.1, 0.15) is 5.56 Å². The summed E-state index contributed by atoms with van der Waals surface area (Å²) in [4.78, 5) is 45.3. The van der Waals surface area contributed by atoms with Gasteiger partial charge in [0.15, 0.2) is 5.13 Å². The van der Waals surface area contributed by atoms with E-state index in [1.165, 1.54) is 29.2 Å². The Bertz CT molecular complexity index is 1090. The van der Waals surface area contributed by atoms with Gasteiger partial charge in [-0.15, -0.1) is 11.3 Å². The number of benzene rings is 1. The van der Waals surface area contributed by atoms with E-state index in [1.54, 1.807) is 16.3 Å². The number of rotatable bonds is 4. The van der Waals surface area contributed by atoms with E-state index in [2.05, 4.69) is 21.4 Å². The zero-order valence-corrected chi connectivity index (χ0v) is 15.8. The van der Waals surface area contributed by atoms with Gasteiger partial charge in [-0.1, -0.05) is 18.2 Å². The molecule has 0 unspecified atom stereocenters. The number of nitrogens with zero attached hydrogens (tertiary/aromatic N) is 2. The standard InChI is InChI=1S/C20H18N4O3S/c25-17(24-10-4-6-13-5-1-2-8-16(13)24)11-14-12-28-20(22-14)23-19(27)15-7-3-9-21-18(15)26/h1-3,5,7-9,12H,4,6,10-11H2,(H,21,26)(H,22,23,27). The summed E-state index contributed by atoms with van der Waals surface area (Å²) in [6, 6.07) is 11.0. The molecule has 3 aromatic rings. The molecule has 0 atom stereocenters. The van der Waals surface area contributed by atoms with Crippen LogP contribution in [0.15, 0.2) is 52.8 Å². The Balaban J connectivity index is 1.44. The number of aromatic nitrogens is 2. The van der Waals surface area contributed by atoms with Gasteiger partial charge in [0.25, 0.3) is 11.5 Å². The zero-order valence-electron chi connectivity index (χ0n) is 15.0. The Labute approximate surface area is 165 Å². The van der Waals surface area contributed by atoms with Crippen LogP contribution < -0.4 is 15.8 Å². The molecule has 1 aliphatic heterocycles. The number of amides is 2. The van der Waals surface area contributed by atoms with Crippen molar-refractivity contribution in [1.29, 1.82) is 0 Å². The highest BCUT2D eigenvalue weighted by Crippen LogP contribution is 2.27. The molecule has 142 valence electrons. The predicted molar refractivity (Wildman–Crippen MR) is 108 cm³/mol. The molecular weight excluding hydrogens is 376 g/mol. The average Bonchev–Trinajstić information content (AvgIpc) is 3.14. The van der Waals surface area contributed by atoms with Gasteiger partial charge >= 0.3 is 0 Å². The highest BCUT2D eigenvalue weighted by Gasteiger charge is 2.23. The maximum absolute atomic E-state index is 12.8. The number of hydrogen-bond acceptors (Lipinski definition) is 5. The smallest absolute Gasteiger partial charge is 0.263 e. The van der Waals surface area contributed by atoms with Crippen LogP contribution in [0.25, 0.3) is 0 Å². The third kappa shape index (κ3) is 3.72. The lowest BCUT2D eigenvalue weighted by Crippen LogP contribution is -2.36. The Morgan fingerprint density at radius 3 is 2.93 bits per heavy atom. The first-order valence-electron chi connectivity index (χ1n) is 8.93. The molecule has 8 heteroatoms. The molecule has 0 bridgehead atoms. The molecule has 2 amide bonds. The summed E-state index contributed by atoms with van der Waals surface area (Å²) in [6.45, 7) is 0.695. The molecule has 2 N–H and O–H groups in total. The van der Waals surface area contributed by atoms with Gasteiger partial charge in [-0.05, 0) is 36.6 Å². The maximum Gasteiger partial charge on any atom is 0.263 e. The molecule has 1 aromatic carbocycles. The van der Waals surface area contributed by atoms with Gasteiger partial charge in [-0.2, -0.15) is 0 Å². The van der Waals surface area contributed by atoms with Gasteiger partial charge in [0, 0.05) is 23.8 Å². The van der Waals surface area contributed by atoms with Crippen molar-refractivity contribution in [2.24, 2.45) is 0 Å². The molecule has 0 radical (unpaired) electrons. The first-order chi connectivity index (χ1) is 13.6. The van der Waals surface area contributed by atoms with E-state index in [9.17, 15) is 14.4 Å². The van der Waals surface area contributed by atoms with Crippen molar-refractivity contribution in [3.63, 3.8) is 0 Å². The summed E-state index contributed by atoms with van der Waals surface area (Å²) in [5.74, 6) is -0.547. The second-order valence-electron chi connectivity index (χ2n) is 6.47. The van der Waals surface area contributed by atoms with Crippen LogP contribution >= 0.6 is 11.3 Å². The molecule has 0 saturated heterocycles. The van der Waals surface area contributed by atoms with E-state index in [4.69, 9.17) is 0 Å². The van der Waals surface area contributed by atoms with Crippen LogP contribution in [-0.2, 0) is 17.6 Å². The lowest BCUT2D eigenvalue weighted by atomic mass is 10.0. The minimum Gasteiger partial charge on any atom is -0.328 e. The largest absolute Gasteiger partial charge is 0.328 e. The number of H-pyrrole nitrogens is 1. The topological polar surface area (TPSA) is 95.2 Å². The molecule has 7 nitrogen and oxygen atoms in total. The number of thiazole rings is 1. The van der Waals surface area contributed by atoms with Crippen LogP contribution in [0.5, 0.6) is 0 Å². The van der Waals surface area contributed by atoms with Crippen molar-refractivity contribution in [3.05, 3.63) is 75.1 Å². The highest BCUT2D eigenvalue weighted by atomic mass is 32.1. The van der Waals surface area contributed by atoms with Gasteiger partial charge in [-0.25, -0.2) is 4.98 Å². The maximum atomic E-state index is 12.8. The molecule has 1 aliphatic rings. The third-order valence-corrected chi connectivity index (χ3v) is 5.39. The summed E-state index contributed by atoms with van der Waals surface area (Å²) in [6.07, 6.45) is 3.54. The lowest BCUT2D eigenvalue weighted by Gasteiger charge is -2.29. The number of pyridine rings is 1. The van der Waals surface area contributed by atoms with Crippen LogP contribution in [0, 0.1) is 0 Å². The monoisotopic (exact) mass is 394 g/mol. The zero-order chi connectivity index (χ0) is 19.5. The minimum absolute atomic E-state index is 0.0141. The Morgan fingerprint density at radius 2 is 2.07 bits per heavy atom. The van der Waals surface area contributed by atoms with Crippen molar-refractivity contribution in [1.82, 2.24) is 9.97 Å². The van der Waals surface area contributed by atoms with Gasteiger partial charge in [0.2, 0.25) is 5.91 Å². The fourth-order valence-corrected chi connectivity index (χ4v) is 3.96. The minimum atomic E-state index is -0.529. The van der Waals surface area contributed by atoms with E-state index < -0.39 is 11.5 Å². The highest BCUT2D eigenvalue weighted by molar-refractivity contribution is 7.14. The summed E-state index contributed by atoms with van der Waals surface area (Å²) in [5.41, 5.74) is 2.29. The first-order valence-corrected chi connectivity index (χ1v) is 9.81. The predicted octanol–water partition coefficient (Wildman–Crippen LogP) is 2.61. The van der Waals surface area contributed by atoms with E-state index in [0.717, 1.165) is 18.5 Å². The normalized spacial score (nSPS) is 13.1. The van der Waals surface area contributed by atoms with Crippen LogP contribution in [0.4, 0.5) is 10.8 Å². The number of hydrogen-bond donors (Lipinski definition) is 2. The van der Waals surface area contributed by atoms with Crippen LogP contribution in [0.2, 0.25) is 0 Å². The number of aromatic amines is 1. The van der Waals surface area contributed by atoms with E-state index in [-0.39, 0.29) is 17.9 Å². The second-order valence-corrected chi connectivity index (χ2v) is 7.32. The van der Waals surface area contributed by atoms with Crippen molar-refractivity contribution >= 4 is 34.0 Å². The molecule has 0 spiro atoms. The molecule has 3 heterocycles. The lowest BCUT2D eigenvalue weighted by molar-refractivity contribution is -0.118. The fraction of sp³-hybridized carbons (Fsp3) is 0.200. The second kappa shape index (κ2) is 7.77. The number of aryl methyl sites for hydroxylation is 1. The number of fused-ring (bicyclic) bond motifs is 1. The number of para-hydroxylation sites is 1. The molecule has 4 rings (SSSR count). The van der Waals surface area contributed by atoms with Crippen LogP contribution in [0.3, 0.4) is 0 Å². The summed E-state index contributed by atoms with van der Waals surface area (Å²) in [7, 11) is 0. The van der Waals surface area contributed by atoms with Crippen LogP contribution in [-0.4, -0.2) is 28.3 Å². The molecule has 0 fully saturated rings. The average molecular weight is 394 g/mol. The van der Waals surface area contributed by atoms with Gasteiger partial charge in [-0.3, -0.25) is 19.7 Å². The summed E-state index contributed by atoms with van der Waals surface area (Å²) >= 11 is 1.23. The molecular formula is C20H18N4O3S. The Hall–Kier alpha value is -3.26. The van der Waals surface area contributed by atoms with Gasteiger partial charge in [0.05, 0.1) is 12.1 Å². The van der Waals surface area contributed by atoms with Crippen molar-refractivity contribution in [2.75, 3.05) is 16.8 Å². The van der Waals surface area contributed by atoms with Crippen molar-refractivity contribution < 1.29 is 9.59 Å². The van der Waals surface area contributed by atoms with Crippen LogP contribution in [0.1, 0.15) is 28.0 Å². The number of nitrogens with one attached hydrogen (secondary N) is 2. The number of carbonyl (C=O) groups excluding carboxylic acids is 2. The fourth-order valence-electron chi connectivity index (χ4n) is 3.25. The summed E-state index contributed by atoms with van der Waals surface area (Å²) in [5, 5.41) is 4.72. The molecule has 0 saturated carbocycles. The van der Waals surface area contributed by atoms with E-state index in [1.807, 2.05) is 18.2 Å². The quantitative estimate of drug-likeness (QED) is 0.711. The van der Waals surface area contributed by atoms with E-state index in [0.29, 0.717) is 17.4 Å². The summed E-state index contributed by atoms with van der Waals surface area (Å²) < 4.78 is 0.